The Kier molecular flexibility index (Phi) is 5.03. The molecule has 2 aromatic rings. The lowest BCUT2D eigenvalue weighted by Crippen LogP contribution is -2.30. The second-order valence-corrected chi connectivity index (χ2v) is 6.43. The quantitative estimate of drug-likeness (QED) is 0.623. The molecule has 1 aromatic carbocycles. The predicted molar refractivity (Wildman–Crippen MR) is 79.8 cm³/mol. The number of hydrazine groups is 1. The Morgan fingerprint density at radius 2 is 2.14 bits per heavy atom. The molecule has 1 unspecified atom stereocenters. The fraction of sp³-hybridized carbons (Fsp3) is 0.308. The van der Waals surface area contributed by atoms with Gasteiger partial charge in [0, 0.05) is 16.3 Å². The summed E-state index contributed by atoms with van der Waals surface area (Å²) in [6.07, 6.45) is -3.98. The van der Waals surface area contributed by atoms with Gasteiger partial charge in [-0.2, -0.15) is 13.2 Å². The SMILES string of the molecule is Cc1nc(CC(NN)c2ccc(Br)c(C(F)(F)F)c2)cs1. The van der Waals surface area contributed by atoms with Crippen LogP contribution in [0.15, 0.2) is 28.1 Å². The highest BCUT2D eigenvalue weighted by Gasteiger charge is 2.33. The molecule has 0 fully saturated rings. The Bertz CT molecular complexity index is 627. The van der Waals surface area contributed by atoms with Crippen molar-refractivity contribution in [1.82, 2.24) is 10.4 Å². The van der Waals surface area contributed by atoms with E-state index in [2.05, 4.69) is 26.3 Å². The van der Waals surface area contributed by atoms with E-state index in [1.807, 2.05) is 12.3 Å². The van der Waals surface area contributed by atoms with Crippen molar-refractivity contribution in [3.8, 4) is 0 Å². The first kappa shape index (κ1) is 16.4. The minimum atomic E-state index is -4.41. The van der Waals surface area contributed by atoms with Crippen LogP contribution in [0.3, 0.4) is 0 Å². The third-order valence-electron chi connectivity index (χ3n) is 2.98. The lowest BCUT2D eigenvalue weighted by Gasteiger charge is -2.18. The van der Waals surface area contributed by atoms with Crippen LogP contribution in [0.4, 0.5) is 13.2 Å². The largest absolute Gasteiger partial charge is 0.417 e. The minimum Gasteiger partial charge on any atom is -0.271 e. The van der Waals surface area contributed by atoms with E-state index in [9.17, 15) is 13.2 Å². The van der Waals surface area contributed by atoms with Crippen LogP contribution in [0, 0.1) is 6.92 Å². The maximum Gasteiger partial charge on any atom is 0.417 e. The second kappa shape index (κ2) is 6.43. The van der Waals surface area contributed by atoms with E-state index in [-0.39, 0.29) is 4.47 Å². The van der Waals surface area contributed by atoms with Gasteiger partial charge in [-0.25, -0.2) is 4.98 Å². The van der Waals surface area contributed by atoms with Crippen molar-refractivity contribution in [1.29, 1.82) is 0 Å². The molecule has 0 spiro atoms. The number of thiazole rings is 1. The second-order valence-electron chi connectivity index (χ2n) is 4.52. The van der Waals surface area contributed by atoms with E-state index < -0.39 is 17.8 Å². The molecule has 1 aromatic heterocycles. The van der Waals surface area contributed by atoms with Gasteiger partial charge >= 0.3 is 6.18 Å². The lowest BCUT2D eigenvalue weighted by molar-refractivity contribution is -0.138. The van der Waals surface area contributed by atoms with Crippen molar-refractivity contribution in [3.63, 3.8) is 0 Å². The average Bonchev–Trinajstić information content (AvgIpc) is 2.81. The van der Waals surface area contributed by atoms with Gasteiger partial charge in [-0.15, -0.1) is 11.3 Å². The van der Waals surface area contributed by atoms with E-state index in [1.54, 1.807) is 6.07 Å². The summed E-state index contributed by atoms with van der Waals surface area (Å²) in [4.78, 5) is 4.30. The van der Waals surface area contributed by atoms with Gasteiger partial charge in [-0.3, -0.25) is 11.3 Å². The van der Waals surface area contributed by atoms with Crippen molar-refractivity contribution >= 4 is 27.3 Å². The highest BCUT2D eigenvalue weighted by molar-refractivity contribution is 9.10. The number of rotatable bonds is 4. The first-order chi connectivity index (χ1) is 9.81. The van der Waals surface area contributed by atoms with Crippen molar-refractivity contribution in [2.24, 2.45) is 5.84 Å². The maximum absolute atomic E-state index is 12.9. The smallest absolute Gasteiger partial charge is 0.271 e. The molecule has 0 bridgehead atoms. The first-order valence-electron chi connectivity index (χ1n) is 6.05. The van der Waals surface area contributed by atoms with Crippen LogP contribution in [-0.2, 0) is 12.6 Å². The third kappa shape index (κ3) is 4.03. The van der Waals surface area contributed by atoms with Gasteiger partial charge in [0.1, 0.15) is 0 Å². The zero-order valence-corrected chi connectivity index (χ0v) is 13.4. The summed E-state index contributed by atoms with van der Waals surface area (Å²) in [6.45, 7) is 1.88. The third-order valence-corrected chi connectivity index (χ3v) is 4.49. The number of nitrogens with one attached hydrogen (secondary N) is 1. The van der Waals surface area contributed by atoms with Crippen LogP contribution in [-0.4, -0.2) is 4.98 Å². The normalized spacial score (nSPS) is 13.4. The summed E-state index contributed by atoms with van der Waals surface area (Å²) in [5.41, 5.74) is 3.12. The minimum absolute atomic E-state index is 0.0130. The molecular weight excluding hydrogens is 367 g/mol. The summed E-state index contributed by atoms with van der Waals surface area (Å²) in [5.74, 6) is 5.49. The molecule has 8 heteroatoms. The number of benzene rings is 1. The van der Waals surface area contributed by atoms with Crippen LogP contribution in [0.25, 0.3) is 0 Å². The molecule has 0 aliphatic rings. The molecule has 21 heavy (non-hydrogen) atoms. The van der Waals surface area contributed by atoms with Gasteiger partial charge < -0.3 is 0 Å². The van der Waals surface area contributed by atoms with Crippen molar-refractivity contribution in [2.45, 2.75) is 25.6 Å². The van der Waals surface area contributed by atoms with Crippen LogP contribution in [0.2, 0.25) is 0 Å². The first-order valence-corrected chi connectivity index (χ1v) is 7.72. The predicted octanol–water partition coefficient (Wildman–Crippen LogP) is 3.98. The van der Waals surface area contributed by atoms with Crippen molar-refractivity contribution < 1.29 is 13.2 Å². The molecule has 1 atom stereocenters. The Morgan fingerprint density at radius 3 is 2.67 bits per heavy atom. The number of hydrogen-bond donors (Lipinski definition) is 2. The van der Waals surface area contributed by atoms with Crippen LogP contribution in [0.1, 0.15) is 27.9 Å². The zero-order chi connectivity index (χ0) is 15.6. The van der Waals surface area contributed by atoms with E-state index in [0.717, 1.165) is 16.8 Å². The molecule has 0 aliphatic heterocycles. The number of nitrogens with two attached hydrogens (primary N) is 1. The van der Waals surface area contributed by atoms with Crippen LogP contribution >= 0.6 is 27.3 Å². The topological polar surface area (TPSA) is 50.9 Å². The fourth-order valence-electron chi connectivity index (χ4n) is 1.96. The number of aromatic nitrogens is 1. The molecule has 3 N–H and O–H groups in total. The maximum atomic E-state index is 12.9. The molecular formula is C13H13BrF3N3S. The Labute approximate surface area is 132 Å². The van der Waals surface area contributed by atoms with Gasteiger partial charge in [-0.05, 0) is 24.6 Å². The van der Waals surface area contributed by atoms with E-state index in [1.165, 1.54) is 17.4 Å². The van der Waals surface area contributed by atoms with Gasteiger partial charge in [0.2, 0.25) is 0 Å². The summed E-state index contributed by atoms with van der Waals surface area (Å²) >= 11 is 4.42. The highest BCUT2D eigenvalue weighted by atomic mass is 79.9. The van der Waals surface area contributed by atoms with Crippen molar-refractivity contribution in [2.75, 3.05) is 0 Å². The average molecular weight is 380 g/mol. The zero-order valence-electron chi connectivity index (χ0n) is 11.0. The molecule has 0 radical (unpaired) electrons. The standard InChI is InChI=1S/C13H13BrF3N3S/c1-7-19-9(6-21-7)5-12(20-18)8-2-3-11(14)10(4-8)13(15,16)17/h2-4,6,12,20H,5,18H2,1H3. The van der Waals surface area contributed by atoms with Crippen LogP contribution < -0.4 is 11.3 Å². The summed E-state index contributed by atoms with van der Waals surface area (Å²) < 4.78 is 38.8. The molecule has 3 nitrogen and oxygen atoms in total. The molecule has 0 amide bonds. The Hall–Kier alpha value is -0.960. The highest BCUT2D eigenvalue weighted by Crippen LogP contribution is 2.36. The molecule has 0 aliphatic carbocycles. The van der Waals surface area contributed by atoms with E-state index in [0.29, 0.717) is 12.0 Å². The number of nitrogens with zero attached hydrogens (tertiary/aromatic N) is 1. The van der Waals surface area contributed by atoms with E-state index >= 15 is 0 Å². The molecule has 114 valence electrons. The number of alkyl halides is 3. The fourth-order valence-corrected chi connectivity index (χ4v) is 3.06. The summed E-state index contributed by atoms with van der Waals surface area (Å²) in [7, 11) is 0. The number of hydrogen-bond acceptors (Lipinski definition) is 4. The Morgan fingerprint density at radius 1 is 1.43 bits per heavy atom. The Balaban J connectivity index is 2.30. The van der Waals surface area contributed by atoms with Gasteiger partial charge in [0.15, 0.2) is 0 Å². The summed E-state index contributed by atoms with van der Waals surface area (Å²) in [5, 5.41) is 2.79. The van der Waals surface area contributed by atoms with Crippen LogP contribution in [0.5, 0.6) is 0 Å². The van der Waals surface area contributed by atoms with Gasteiger partial charge in [0.05, 0.1) is 22.3 Å². The van der Waals surface area contributed by atoms with Crippen molar-refractivity contribution in [3.05, 3.63) is 49.9 Å². The molecule has 0 saturated heterocycles. The number of aryl methyl sites for hydroxylation is 1. The van der Waals surface area contributed by atoms with E-state index in [4.69, 9.17) is 5.84 Å². The monoisotopic (exact) mass is 379 g/mol. The van der Waals surface area contributed by atoms with Gasteiger partial charge in [-0.1, -0.05) is 22.0 Å². The van der Waals surface area contributed by atoms with Gasteiger partial charge in [0.25, 0.3) is 0 Å². The molecule has 1 heterocycles. The lowest BCUT2D eigenvalue weighted by atomic mass is 10.0. The summed E-state index contributed by atoms with van der Waals surface area (Å²) in [6, 6.07) is 3.67. The molecule has 2 rings (SSSR count). The molecule has 0 saturated carbocycles. The number of halogens is 4.